The molecule has 6 rings (SSSR count). The number of aliphatic imine (C=N–C) groups is 1. The van der Waals surface area contributed by atoms with Crippen LogP contribution in [0.3, 0.4) is 0 Å². The summed E-state index contributed by atoms with van der Waals surface area (Å²) in [6.45, 7) is 11.8. The van der Waals surface area contributed by atoms with Gasteiger partial charge in [0.2, 0.25) is 6.41 Å². The number of likely N-dealkylation sites (tertiary alicyclic amines) is 1. The van der Waals surface area contributed by atoms with Crippen molar-refractivity contribution in [1.29, 1.82) is 5.26 Å². The number of hydrogen-bond acceptors (Lipinski definition) is 9. The Balaban J connectivity index is 0.993. The Hall–Kier alpha value is -2.69. The van der Waals surface area contributed by atoms with Gasteiger partial charge in [0.1, 0.15) is 23.0 Å². The van der Waals surface area contributed by atoms with Gasteiger partial charge in [-0.2, -0.15) is 18.4 Å². The van der Waals surface area contributed by atoms with E-state index >= 15 is 0 Å². The topological polar surface area (TPSA) is 90.2 Å². The molecule has 45 heavy (non-hydrogen) atoms. The largest absolute Gasteiger partial charge is 0.393 e. The molecule has 0 aromatic carbocycles. The van der Waals surface area contributed by atoms with Crippen LogP contribution in [-0.4, -0.2) is 114 Å². The molecule has 6 atom stereocenters. The molecule has 6 aliphatic rings. The van der Waals surface area contributed by atoms with Crippen LogP contribution in [0.5, 0.6) is 0 Å². The number of nitriles is 1. The van der Waals surface area contributed by atoms with E-state index in [2.05, 4.69) is 56.3 Å². The molecule has 1 amide bonds. The molecule has 2 saturated heterocycles. The molecule has 9 nitrogen and oxygen atoms in total. The number of alkyl halides is 3. The second kappa shape index (κ2) is 13.6. The highest BCUT2D eigenvalue weighted by Gasteiger charge is 2.44. The summed E-state index contributed by atoms with van der Waals surface area (Å²) in [5, 5.41) is 16.5. The fourth-order valence-electron chi connectivity index (χ4n) is 8.12. The molecule has 0 aromatic heterocycles. The van der Waals surface area contributed by atoms with Gasteiger partial charge in [0.15, 0.2) is 0 Å². The van der Waals surface area contributed by atoms with Crippen LogP contribution >= 0.6 is 11.8 Å². The van der Waals surface area contributed by atoms with Gasteiger partial charge in [0, 0.05) is 82.0 Å². The van der Waals surface area contributed by atoms with Crippen LogP contribution in [0.1, 0.15) is 46.0 Å². The molecule has 1 aliphatic carbocycles. The van der Waals surface area contributed by atoms with Crippen molar-refractivity contribution in [2.24, 2.45) is 22.7 Å². The molecular formula is C32H45F3N8OS. The van der Waals surface area contributed by atoms with Crippen LogP contribution in [0.25, 0.3) is 0 Å². The van der Waals surface area contributed by atoms with Crippen molar-refractivity contribution < 1.29 is 18.0 Å². The summed E-state index contributed by atoms with van der Waals surface area (Å²) < 4.78 is 38.9. The van der Waals surface area contributed by atoms with Gasteiger partial charge < -0.3 is 25.3 Å². The Kier molecular flexibility index (Phi) is 9.73. The molecule has 1 saturated carbocycles. The quantitative estimate of drug-likeness (QED) is 0.367. The minimum absolute atomic E-state index is 0.259. The number of carbonyl (C=O) groups excluding carboxylic acids is 1. The fourth-order valence-corrected chi connectivity index (χ4v) is 9.28. The van der Waals surface area contributed by atoms with Crippen LogP contribution < -0.4 is 10.6 Å². The zero-order valence-corrected chi connectivity index (χ0v) is 27.0. The van der Waals surface area contributed by atoms with E-state index in [0.717, 1.165) is 102 Å². The van der Waals surface area contributed by atoms with Crippen molar-refractivity contribution in [2.45, 2.75) is 75.6 Å². The SMILES string of the molecule is CC1C(CN2CCC(NC3=C4C=C(CC(F)(F)F)SC4N=CN3)CC2)CCC2C1C=C(C#N)N2C[C@@H](C)N1CCN(C=O)CC1. The average Bonchev–Trinajstić information content (AvgIpc) is 3.60. The van der Waals surface area contributed by atoms with Crippen LogP contribution in [0, 0.1) is 29.1 Å². The van der Waals surface area contributed by atoms with E-state index in [0.29, 0.717) is 34.7 Å². The minimum Gasteiger partial charge on any atom is -0.368 e. The van der Waals surface area contributed by atoms with Gasteiger partial charge in [-0.15, -0.1) is 0 Å². The number of piperazine rings is 1. The van der Waals surface area contributed by atoms with Gasteiger partial charge in [-0.05, 0) is 61.5 Å². The number of nitrogens with one attached hydrogen (secondary N) is 2. The first-order valence-corrected chi connectivity index (χ1v) is 17.3. The summed E-state index contributed by atoms with van der Waals surface area (Å²) in [7, 11) is 0. The number of rotatable bonds is 9. The lowest BCUT2D eigenvalue weighted by molar-refractivity contribution is -0.125. The van der Waals surface area contributed by atoms with Crippen molar-refractivity contribution in [3.63, 3.8) is 0 Å². The number of nitrogens with zero attached hydrogens (tertiary/aromatic N) is 6. The van der Waals surface area contributed by atoms with Crippen molar-refractivity contribution in [3.8, 4) is 6.07 Å². The average molecular weight is 647 g/mol. The maximum Gasteiger partial charge on any atom is 0.393 e. The molecule has 3 fully saturated rings. The Labute approximate surface area is 268 Å². The lowest BCUT2D eigenvalue weighted by Crippen LogP contribution is -2.53. The third-order valence-corrected chi connectivity index (χ3v) is 11.9. The minimum atomic E-state index is -4.22. The number of thioether (sulfide) groups is 1. The second-order valence-electron chi connectivity index (χ2n) is 13.5. The van der Waals surface area contributed by atoms with Crippen molar-refractivity contribution >= 4 is 24.5 Å². The number of halogens is 3. The van der Waals surface area contributed by atoms with Crippen molar-refractivity contribution in [2.75, 3.05) is 52.4 Å². The lowest BCUT2D eigenvalue weighted by atomic mass is 9.70. The monoisotopic (exact) mass is 646 g/mol. The highest BCUT2D eigenvalue weighted by atomic mass is 32.2. The molecule has 0 spiro atoms. The molecule has 5 heterocycles. The van der Waals surface area contributed by atoms with E-state index in [1.165, 1.54) is 11.8 Å². The number of piperidine rings is 1. The summed E-state index contributed by atoms with van der Waals surface area (Å²) in [6, 6.07) is 3.46. The third-order valence-electron chi connectivity index (χ3n) is 10.7. The Morgan fingerprint density at radius 2 is 1.93 bits per heavy atom. The van der Waals surface area contributed by atoms with E-state index in [9.17, 15) is 23.2 Å². The van der Waals surface area contributed by atoms with E-state index in [-0.39, 0.29) is 11.4 Å². The molecule has 5 unspecified atom stereocenters. The normalized spacial score (nSPS) is 32.0. The van der Waals surface area contributed by atoms with Gasteiger partial charge in [-0.1, -0.05) is 18.7 Å². The van der Waals surface area contributed by atoms with E-state index in [4.69, 9.17) is 0 Å². The first-order valence-electron chi connectivity index (χ1n) is 16.4. The number of hydrogen-bond donors (Lipinski definition) is 2. The van der Waals surface area contributed by atoms with Crippen LogP contribution in [-0.2, 0) is 4.79 Å². The predicted octanol–water partition coefficient (Wildman–Crippen LogP) is 3.71. The molecule has 5 aliphatic heterocycles. The second-order valence-corrected chi connectivity index (χ2v) is 14.7. The zero-order valence-electron chi connectivity index (χ0n) is 26.2. The summed E-state index contributed by atoms with van der Waals surface area (Å²) >= 11 is 1.18. The van der Waals surface area contributed by atoms with E-state index in [1.807, 2.05) is 4.90 Å². The van der Waals surface area contributed by atoms with Gasteiger partial charge in [-0.25, -0.2) is 0 Å². The van der Waals surface area contributed by atoms with Gasteiger partial charge >= 0.3 is 6.18 Å². The number of fused-ring (bicyclic) bond motifs is 2. The van der Waals surface area contributed by atoms with Crippen LogP contribution in [0.2, 0.25) is 0 Å². The molecule has 0 aromatic rings. The standard InChI is InChI=1S/C32H45F3N8OS/c1-21(42-11-9-41(20-44)10-12-42)17-43-25(16-36)13-27-22(2)23(3-4-29(27)43)18-40-7-5-24(6-8-40)39-30-28-14-26(15-32(33,34)35)45-31(28)38-19-37-30/h13-14,19-24,27,29,31,39H,3-12,15,17-18H2,1-2H3,(H,37,38)/t21-,22?,23?,27?,29?,31?/m1/s1. The number of allylic oxidation sites excluding steroid dienone is 2. The molecule has 246 valence electrons. The Bertz CT molecular complexity index is 1260. The molecule has 0 radical (unpaired) electrons. The fraction of sp³-hybridized carbons (Fsp3) is 0.719. The maximum atomic E-state index is 13.0. The highest BCUT2D eigenvalue weighted by Crippen LogP contribution is 2.45. The van der Waals surface area contributed by atoms with Crippen LogP contribution in [0.15, 0.2) is 39.1 Å². The molecule has 0 bridgehead atoms. The Morgan fingerprint density at radius 1 is 1.18 bits per heavy atom. The first kappa shape index (κ1) is 32.3. The Morgan fingerprint density at radius 3 is 2.62 bits per heavy atom. The summed E-state index contributed by atoms with van der Waals surface area (Å²) in [4.78, 5) is 25.0. The van der Waals surface area contributed by atoms with Gasteiger partial charge in [0.25, 0.3) is 0 Å². The van der Waals surface area contributed by atoms with Gasteiger partial charge in [0.05, 0.1) is 12.8 Å². The first-order chi connectivity index (χ1) is 21.6. The van der Waals surface area contributed by atoms with Crippen molar-refractivity contribution in [3.05, 3.63) is 34.1 Å². The summed E-state index contributed by atoms with van der Waals surface area (Å²) in [6.07, 6.45) is 5.49. The number of amides is 1. The summed E-state index contributed by atoms with van der Waals surface area (Å²) in [5.74, 6) is 2.24. The molecule has 2 N–H and O–H groups in total. The molecule has 13 heteroatoms. The van der Waals surface area contributed by atoms with E-state index < -0.39 is 12.6 Å². The predicted molar refractivity (Wildman–Crippen MR) is 170 cm³/mol. The lowest BCUT2D eigenvalue weighted by Gasteiger charge is -2.45. The summed E-state index contributed by atoms with van der Waals surface area (Å²) in [5.41, 5.74) is 1.63. The van der Waals surface area contributed by atoms with Crippen molar-refractivity contribution in [1.82, 2.24) is 30.2 Å². The molecular weight excluding hydrogens is 601 g/mol. The zero-order chi connectivity index (χ0) is 31.7. The number of carbonyl (C=O) groups is 1. The van der Waals surface area contributed by atoms with E-state index in [1.54, 1.807) is 12.4 Å². The van der Waals surface area contributed by atoms with Gasteiger partial charge in [-0.3, -0.25) is 14.7 Å². The highest BCUT2D eigenvalue weighted by molar-refractivity contribution is 8.04. The smallest absolute Gasteiger partial charge is 0.368 e. The maximum absolute atomic E-state index is 13.0. The third kappa shape index (κ3) is 7.33. The van der Waals surface area contributed by atoms with Crippen LogP contribution in [0.4, 0.5) is 13.2 Å².